The van der Waals surface area contributed by atoms with Gasteiger partial charge in [-0.15, -0.1) is 11.3 Å². The molecule has 0 aliphatic heterocycles. The molecule has 0 spiro atoms. The number of thiazole rings is 1. The van der Waals surface area contributed by atoms with Crippen molar-refractivity contribution in [2.45, 2.75) is 17.7 Å². The van der Waals surface area contributed by atoms with Crippen LogP contribution in [0.4, 0.5) is 11.4 Å². The molecular weight excluding hydrogens is 462 g/mol. The van der Waals surface area contributed by atoms with Crippen LogP contribution in [0.5, 0.6) is 11.5 Å². The summed E-state index contributed by atoms with van der Waals surface area (Å²) in [5.74, 6) is -0.236. The highest BCUT2D eigenvalue weighted by Crippen LogP contribution is 2.30. The summed E-state index contributed by atoms with van der Waals surface area (Å²) in [5.41, 5.74) is 1.16. The molecule has 10 heteroatoms. The van der Waals surface area contributed by atoms with Crippen LogP contribution in [0.15, 0.2) is 71.6 Å². The van der Waals surface area contributed by atoms with Crippen LogP contribution in [0.3, 0.4) is 0 Å². The van der Waals surface area contributed by atoms with Crippen LogP contribution < -0.4 is 14.8 Å². The van der Waals surface area contributed by atoms with Gasteiger partial charge in [0.25, 0.3) is 10.0 Å². The molecule has 0 fully saturated rings. The van der Waals surface area contributed by atoms with Gasteiger partial charge >= 0.3 is 0 Å². The Bertz CT molecular complexity index is 1380. The summed E-state index contributed by atoms with van der Waals surface area (Å²) in [6.07, 6.45) is 0.564. The number of aromatic nitrogens is 1. The Morgan fingerprint density at radius 3 is 2.61 bits per heavy atom. The molecule has 8 nitrogen and oxygen atoms in total. The molecule has 170 valence electrons. The SMILES string of the molecule is COc1ccccc1NS(=O)(=O)c1ccc(O)c(NC(=O)CCc2nc3ccccc3s2)c1. The van der Waals surface area contributed by atoms with E-state index in [2.05, 4.69) is 15.0 Å². The summed E-state index contributed by atoms with van der Waals surface area (Å²) < 4.78 is 34.4. The minimum Gasteiger partial charge on any atom is -0.506 e. The minimum absolute atomic E-state index is 0.00667. The molecule has 1 aromatic heterocycles. The number of phenols is 1. The number of phenolic OH excluding ortho intramolecular Hbond substituents is 1. The molecule has 0 bridgehead atoms. The molecular formula is C23H21N3O5S2. The van der Waals surface area contributed by atoms with E-state index in [-0.39, 0.29) is 34.3 Å². The Labute approximate surface area is 194 Å². The number of hydrogen-bond donors (Lipinski definition) is 3. The molecule has 0 saturated carbocycles. The predicted octanol–water partition coefficient (Wildman–Crippen LogP) is 4.38. The Morgan fingerprint density at radius 1 is 1.06 bits per heavy atom. The molecule has 0 aliphatic rings. The van der Waals surface area contributed by atoms with Gasteiger partial charge in [0.2, 0.25) is 5.91 Å². The van der Waals surface area contributed by atoms with Gasteiger partial charge < -0.3 is 15.2 Å². The molecule has 1 amide bonds. The van der Waals surface area contributed by atoms with E-state index in [4.69, 9.17) is 4.74 Å². The van der Waals surface area contributed by atoms with Crippen molar-refractivity contribution in [2.24, 2.45) is 0 Å². The van der Waals surface area contributed by atoms with Crippen molar-refractivity contribution in [1.82, 2.24) is 4.98 Å². The molecule has 1 heterocycles. The predicted molar refractivity (Wildman–Crippen MR) is 128 cm³/mol. The lowest BCUT2D eigenvalue weighted by Gasteiger charge is -2.13. The summed E-state index contributed by atoms with van der Waals surface area (Å²) in [5, 5.41) is 13.6. The smallest absolute Gasteiger partial charge is 0.262 e. The number of fused-ring (bicyclic) bond motifs is 1. The molecule has 3 aromatic carbocycles. The van der Waals surface area contributed by atoms with Crippen LogP contribution >= 0.6 is 11.3 Å². The Hall–Kier alpha value is -3.63. The quantitative estimate of drug-likeness (QED) is 0.320. The summed E-state index contributed by atoms with van der Waals surface area (Å²) in [4.78, 5) is 16.8. The number of nitrogens with one attached hydrogen (secondary N) is 2. The molecule has 4 aromatic rings. The van der Waals surface area contributed by atoms with Crippen molar-refractivity contribution < 1.29 is 23.1 Å². The number of aromatic hydroxyl groups is 1. The zero-order valence-electron chi connectivity index (χ0n) is 17.6. The van der Waals surface area contributed by atoms with E-state index in [0.717, 1.165) is 15.2 Å². The zero-order chi connectivity index (χ0) is 23.4. The standard InChI is InChI=1S/C23H21N3O5S2/c1-31-20-8-4-2-6-16(20)26-33(29,30)15-10-11-19(27)18(14-15)24-22(28)12-13-23-25-17-7-3-5-9-21(17)32-23/h2-11,14,26-27H,12-13H2,1H3,(H,24,28). The average Bonchev–Trinajstić information content (AvgIpc) is 3.22. The van der Waals surface area contributed by atoms with Crippen molar-refractivity contribution in [3.63, 3.8) is 0 Å². The largest absolute Gasteiger partial charge is 0.506 e. The summed E-state index contributed by atoms with van der Waals surface area (Å²) in [7, 11) is -2.55. The highest BCUT2D eigenvalue weighted by molar-refractivity contribution is 7.92. The number of benzene rings is 3. The number of carbonyl (C=O) groups is 1. The first-order chi connectivity index (χ1) is 15.9. The van der Waals surface area contributed by atoms with E-state index in [1.54, 1.807) is 24.3 Å². The highest BCUT2D eigenvalue weighted by atomic mass is 32.2. The van der Waals surface area contributed by atoms with Crippen molar-refractivity contribution in [3.05, 3.63) is 71.7 Å². The van der Waals surface area contributed by atoms with Gasteiger partial charge in [-0.2, -0.15) is 0 Å². The van der Waals surface area contributed by atoms with Crippen molar-refractivity contribution in [1.29, 1.82) is 0 Å². The van der Waals surface area contributed by atoms with Crippen LogP contribution in [0, 0.1) is 0 Å². The maximum Gasteiger partial charge on any atom is 0.262 e. The first-order valence-corrected chi connectivity index (χ1v) is 12.3. The minimum atomic E-state index is -3.99. The van der Waals surface area contributed by atoms with Crippen LogP contribution in [-0.2, 0) is 21.2 Å². The van der Waals surface area contributed by atoms with Crippen LogP contribution in [0.2, 0.25) is 0 Å². The maximum absolute atomic E-state index is 12.8. The second kappa shape index (κ2) is 9.47. The number of rotatable bonds is 8. The number of anilines is 2. The molecule has 0 saturated heterocycles. The van der Waals surface area contributed by atoms with E-state index in [1.807, 2.05) is 24.3 Å². The van der Waals surface area contributed by atoms with Gasteiger partial charge in [0, 0.05) is 12.8 Å². The molecule has 0 aliphatic carbocycles. The molecule has 0 unspecified atom stereocenters. The Balaban J connectivity index is 1.46. The third-order valence-corrected chi connectivity index (χ3v) is 7.27. The summed E-state index contributed by atoms with van der Waals surface area (Å²) in [6, 6.07) is 18.0. The second-order valence-corrected chi connectivity index (χ2v) is 9.91. The van der Waals surface area contributed by atoms with Crippen LogP contribution in [0.1, 0.15) is 11.4 Å². The number of ether oxygens (including phenoxy) is 1. The zero-order valence-corrected chi connectivity index (χ0v) is 19.2. The number of sulfonamides is 1. The first kappa shape index (κ1) is 22.6. The van der Waals surface area contributed by atoms with E-state index >= 15 is 0 Å². The molecule has 0 radical (unpaired) electrons. The first-order valence-electron chi connectivity index (χ1n) is 9.99. The number of carbonyl (C=O) groups excluding carboxylic acids is 1. The number of amides is 1. The fourth-order valence-electron chi connectivity index (χ4n) is 3.18. The highest BCUT2D eigenvalue weighted by Gasteiger charge is 2.19. The van der Waals surface area contributed by atoms with Crippen molar-refractivity contribution in [3.8, 4) is 11.5 Å². The van der Waals surface area contributed by atoms with E-state index in [0.29, 0.717) is 12.2 Å². The number of nitrogens with zero attached hydrogens (tertiary/aromatic N) is 1. The normalized spacial score (nSPS) is 11.3. The monoisotopic (exact) mass is 483 g/mol. The number of methoxy groups -OCH3 is 1. The number of aryl methyl sites for hydroxylation is 1. The fourth-order valence-corrected chi connectivity index (χ4v) is 5.24. The molecule has 0 atom stereocenters. The number of hydrogen-bond acceptors (Lipinski definition) is 7. The van der Waals surface area contributed by atoms with Gasteiger partial charge in [-0.3, -0.25) is 9.52 Å². The van der Waals surface area contributed by atoms with E-state index in [1.165, 1.54) is 36.6 Å². The van der Waals surface area contributed by atoms with Crippen molar-refractivity contribution in [2.75, 3.05) is 17.1 Å². The average molecular weight is 484 g/mol. The molecule has 3 N–H and O–H groups in total. The van der Waals surface area contributed by atoms with Crippen LogP contribution in [-0.4, -0.2) is 31.5 Å². The van der Waals surface area contributed by atoms with Crippen LogP contribution in [0.25, 0.3) is 10.2 Å². The molecule has 33 heavy (non-hydrogen) atoms. The topological polar surface area (TPSA) is 118 Å². The van der Waals surface area contributed by atoms with Gasteiger partial charge in [-0.1, -0.05) is 24.3 Å². The lowest BCUT2D eigenvalue weighted by molar-refractivity contribution is -0.116. The lowest BCUT2D eigenvalue weighted by Crippen LogP contribution is -2.15. The number of para-hydroxylation sites is 3. The lowest BCUT2D eigenvalue weighted by atomic mass is 10.2. The van der Waals surface area contributed by atoms with Gasteiger partial charge in [0.05, 0.1) is 38.6 Å². The Morgan fingerprint density at radius 2 is 1.82 bits per heavy atom. The van der Waals surface area contributed by atoms with E-state index in [9.17, 15) is 18.3 Å². The third-order valence-electron chi connectivity index (χ3n) is 4.81. The van der Waals surface area contributed by atoms with Crippen molar-refractivity contribution >= 4 is 48.9 Å². The van der Waals surface area contributed by atoms with E-state index < -0.39 is 10.0 Å². The second-order valence-electron chi connectivity index (χ2n) is 7.11. The van der Waals surface area contributed by atoms with Gasteiger partial charge in [-0.05, 0) is 42.5 Å². The fraction of sp³-hybridized carbons (Fsp3) is 0.130. The maximum atomic E-state index is 12.8. The Kier molecular flexibility index (Phi) is 6.47. The van der Waals surface area contributed by atoms with Gasteiger partial charge in [0.15, 0.2) is 0 Å². The van der Waals surface area contributed by atoms with Gasteiger partial charge in [-0.25, -0.2) is 13.4 Å². The van der Waals surface area contributed by atoms with Gasteiger partial charge in [0.1, 0.15) is 11.5 Å². The summed E-state index contributed by atoms with van der Waals surface area (Å²) in [6.45, 7) is 0. The molecule has 4 rings (SSSR count). The summed E-state index contributed by atoms with van der Waals surface area (Å²) >= 11 is 1.52. The third kappa shape index (κ3) is 5.24.